The average molecular weight is 409 g/mol. The molecule has 0 aromatic heterocycles. The lowest BCUT2D eigenvalue weighted by molar-refractivity contribution is 0.0730. The van der Waals surface area contributed by atoms with Gasteiger partial charge in [-0.2, -0.15) is 4.31 Å². The Balaban J connectivity index is 1.77. The fourth-order valence-corrected chi connectivity index (χ4v) is 5.87. The number of rotatable bonds is 6. The first-order valence-electron chi connectivity index (χ1n) is 10.5. The van der Waals surface area contributed by atoms with E-state index in [2.05, 4.69) is 12.2 Å². The van der Waals surface area contributed by atoms with E-state index < -0.39 is 10.0 Å². The highest BCUT2D eigenvalue weighted by molar-refractivity contribution is 7.89. The lowest BCUT2D eigenvalue weighted by Gasteiger charge is -2.29. The molecule has 2 fully saturated rings. The topological polar surface area (TPSA) is 75.7 Å². The van der Waals surface area contributed by atoms with Crippen LogP contribution in [0, 0.1) is 5.92 Å². The molecule has 1 aliphatic carbocycles. The minimum Gasteiger partial charge on any atom is -0.379 e. The maximum absolute atomic E-state index is 13.1. The molecule has 1 aliphatic heterocycles. The number of carbonyl (C=O) groups excluding carboxylic acids is 1. The Bertz CT molecular complexity index is 780. The second-order valence-corrected chi connectivity index (χ2v) is 9.70. The number of ether oxygens (including phenoxy) is 1. The van der Waals surface area contributed by atoms with E-state index in [4.69, 9.17) is 4.74 Å². The van der Waals surface area contributed by atoms with Gasteiger partial charge in [0.25, 0.3) is 5.91 Å². The Morgan fingerprint density at radius 3 is 2.43 bits per heavy atom. The highest BCUT2D eigenvalue weighted by Crippen LogP contribution is 2.27. The number of hydrogen-bond donors (Lipinski definition) is 1. The molecular weight excluding hydrogens is 376 g/mol. The summed E-state index contributed by atoms with van der Waals surface area (Å²) < 4.78 is 33.0. The predicted molar refractivity (Wildman–Crippen MR) is 109 cm³/mol. The van der Waals surface area contributed by atoms with Gasteiger partial charge in [-0.1, -0.05) is 26.3 Å². The van der Waals surface area contributed by atoms with Crippen molar-refractivity contribution in [2.45, 2.75) is 63.3 Å². The van der Waals surface area contributed by atoms with Crippen molar-refractivity contribution in [3.05, 3.63) is 29.3 Å². The number of carbonyl (C=O) groups is 1. The van der Waals surface area contributed by atoms with Crippen LogP contribution in [0.5, 0.6) is 0 Å². The summed E-state index contributed by atoms with van der Waals surface area (Å²) in [6.45, 7) is 5.66. The van der Waals surface area contributed by atoms with Crippen LogP contribution in [0.4, 0.5) is 0 Å². The highest BCUT2D eigenvalue weighted by Gasteiger charge is 2.29. The molecule has 1 heterocycles. The zero-order chi connectivity index (χ0) is 20.1. The molecule has 2 aliphatic rings. The number of nitrogens with zero attached hydrogens (tertiary/aromatic N) is 1. The fourth-order valence-electron chi connectivity index (χ4n) is 4.14. The molecule has 0 spiro atoms. The fraction of sp³-hybridized carbons (Fsp3) is 0.667. The third kappa shape index (κ3) is 4.75. The number of morpholine rings is 1. The van der Waals surface area contributed by atoms with Crippen molar-refractivity contribution < 1.29 is 17.9 Å². The summed E-state index contributed by atoms with van der Waals surface area (Å²) in [6, 6.07) is 5.25. The van der Waals surface area contributed by atoms with Gasteiger partial charge in [0.2, 0.25) is 10.0 Å². The first kappa shape index (κ1) is 21.3. The van der Waals surface area contributed by atoms with Crippen LogP contribution in [0.15, 0.2) is 23.1 Å². The molecule has 7 heteroatoms. The van der Waals surface area contributed by atoms with Crippen molar-refractivity contribution in [1.29, 1.82) is 0 Å². The molecule has 1 N–H and O–H groups in total. The third-order valence-corrected chi connectivity index (χ3v) is 8.04. The maximum atomic E-state index is 13.1. The van der Waals surface area contributed by atoms with Gasteiger partial charge in [-0.25, -0.2) is 8.42 Å². The largest absolute Gasteiger partial charge is 0.379 e. The molecule has 6 nitrogen and oxygen atoms in total. The number of amides is 1. The molecule has 28 heavy (non-hydrogen) atoms. The zero-order valence-electron chi connectivity index (χ0n) is 16.9. The van der Waals surface area contributed by atoms with E-state index in [0.717, 1.165) is 37.2 Å². The Kier molecular flexibility index (Phi) is 7.12. The number of nitrogens with one attached hydrogen (secondary N) is 1. The van der Waals surface area contributed by atoms with Crippen molar-refractivity contribution in [2.24, 2.45) is 5.92 Å². The zero-order valence-corrected chi connectivity index (χ0v) is 17.8. The van der Waals surface area contributed by atoms with Gasteiger partial charge in [0.15, 0.2) is 0 Å². The van der Waals surface area contributed by atoms with Crippen LogP contribution in [0.25, 0.3) is 0 Å². The lowest BCUT2D eigenvalue weighted by atomic mass is 9.84. The number of hydrogen-bond acceptors (Lipinski definition) is 4. The Morgan fingerprint density at radius 2 is 1.82 bits per heavy atom. The smallest absolute Gasteiger partial charge is 0.251 e. The molecule has 0 atom stereocenters. The minimum absolute atomic E-state index is 0.180. The second-order valence-electron chi connectivity index (χ2n) is 7.79. The van der Waals surface area contributed by atoms with Crippen molar-refractivity contribution in [1.82, 2.24) is 9.62 Å². The normalized spacial score (nSPS) is 24.1. The van der Waals surface area contributed by atoms with Crippen LogP contribution in [0.2, 0.25) is 0 Å². The van der Waals surface area contributed by atoms with E-state index >= 15 is 0 Å². The summed E-state index contributed by atoms with van der Waals surface area (Å²) in [5.74, 6) is 0.586. The second kappa shape index (κ2) is 9.37. The van der Waals surface area contributed by atoms with E-state index in [-0.39, 0.29) is 16.8 Å². The van der Waals surface area contributed by atoms with E-state index in [0.29, 0.717) is 38.3 Å². The molecule has 1 saturated heterocycles. The molecule has 0 unspecified atom stereocenters. The van der Waals surface area contributed by atoms with Gasteiger partial charge in [0.1, 0.15) is 0 Å². The quantitative estimate of drug-likeness (QED) is 0.785. The van der Waals surface area contributed by atoms with Crippen LogP contribution in [0.3, 0.4) is 0 Å². The first-order chi connectivity index (χ1) is 13.5. The third-order valence-electron chi connectivity index (χ3n) is 6.06. The van der Waals surface area contributed by atoms with E-state index in [1.807, 2.05) is 6.92 Å². The standard InChI is InChI=1S/C21H32N2O4S/c1-3-16-5-9-19(10-6-16)22-21(24)18-8-7-17(4-2)20(15-18)28(25,26)23-11-13-27-14-12-23/h7-8,15-16,19H,3-6,9-14H2,1-2H3,(H,22,24). The molecule has 0 bridgehead atoms. The van der Waals surface area contributed by atoms with Crippen LogP contribution < -0.4 is 5.32 Å². The van der Waals surface area contributed by atoms with Crippen LogP contribution in [-0.2, 0) is 21.2 Å². The SMILES string of the molecule is CCc1ccc(C(=O)NC2CCC(CC)CC2)cc1S(=O)(=O)N1CCOCC1. The molecule has 1 aromatic carbocycles. The average Bonchev–Trinajstić information content (AvgIpc) is 2.74. The van der Waals surface area contributed by atoms with Crippen LogP contribution in [0.1, 0.15) is 61.9 Å². The van der Waals surface area contributed by atoms with Crippen molar-refractivity contribution in [3.8, 4) is 0 Å². The molecule has 1 aromatic rings. The summed E-state index contributed by atoms with van der Waals surface area (Å²) in [6.07, 6.45) is 6.08. The number of aryl methyl sites for hydroxylation is 1. The van der Waals surface area contributed by atoms with Crippen LogP contribution >= 0.6 is 0 Å². The van der Waals surface area contributed by atoms with E-state index in [9.17, 15) is 13.2 Å². The lowest BCUT2D eigenvalue weighted by Crippen LogP contribution is -2.41. The molecule has 3 rings (SSSR count). The molecule has 156 valence electrons. The Morgan fingerprint density at radius 1 is 1.14 bits per heavy atom. The van der Waals surface area contributed by atoms with E-state index in [1.54, 1.807) is 18.2 Å². The Hall–Kier alpha value is -1.44. The van der Waals surface area contributed by atoms with Gasteiger partial charge in [-0.3, -0.25) is 4.79 Å². The highest BCUT2D eigenvalue weighted by atomic mass is 32.2. The van der Waals surface area contributed by atoms with Gasteiger partial charge >= 0.3 is 0 Å². The van der Waals surface area contributed by atoms with Crippen molar-refractivity contribution >= 4 is 15.9 Å². The maximum Gasteiger partial charge on any atom is 0.251 e. The molecular formula is C21H32N2O4S. The molecule has 1 saturated carbocycles. The van der Waals surface area contributed by atoms with Gasteiger partial charge in [0.05, 0.1) is 18.1 Å². The number of benzene rings is 1. The molecule has 1 amide bonds. The summed E-state index contributed by atoms with van der Waals surface area (Å²) in [5.41, 5.74) is 1.16. The van der Waals surface area contributed by atoms with Crippen LogP contribution in [-0.4, -0.2) is 51.0 Å². The van der Waals surface area contributed by atoms with Gasteiger partial charge in [-0.15, -0.1) is 0 Å². The first-order valence-corrected chi connectivity index (χ1v) is 11.9. The number of sulfonamides is 1. The summed E-state index contributed by atoms with van der Waals surface area (Å²) in [7, 11) is -3.63. The summed E-state index contributed by atoms with van der Waals surface area (Å²) in [4.78, 5) is 13.0. The van der Waals surface area contributed by atoms with Gasteiger partial charge < -0.3 is 10.1 Å². The monoisotopic (exact) mass is 408 g/mol. The molecule has 0 radical (unpaired) electrons. The van der Waals surface area contributed by atoms with Crippen molar-refractivity contribution in [3.63, 3.8) is 0 Å². The Labute approximate surface area is 168 Å². The van der Waals surface area contributed by atoms with E-state index in [1.165, 1.54) is 10.7 Å². The summed E-state index contributed by atoms with van der Waals surface area (Å²) in [5, 5.41) is 3.11. The van der Waals surface area contributed by atoms with Gasteiger partial charge in [0, 0.05) is 24.7 Å². The summed E-state index contributed by atoms with van der Waals surface area (Å²) >= 11 is 0. The predicted octanol–water partition coefficient (Wildman–Crippen LogP) is 2.97. The minimum atomic E-state index is -3.63. The van der Waals surface area contributed by atoms with Crippen molar-refractivity contribution in [2.75, 3.05) is 26.3 Å². The van der Waals surface area contributed by atoms with Gasteiger partial charge in [-0.05, 0) is 55.7 Å².